The van der Waals surface area contributed by atoms with Crippen LogP contribution in [0.25, 0.3) is 0 Å². The maximum atomic E-state index is 10.3. The summed E-state index contributed by atoms with van der Waals surface area (Å²) < 4.78 is 0. The van der Waals surface area contributed by atoms with Crippen molar-refractivity contribution in [2.75, 3.05) is 56.6 Å². The fourth-order valence-electron chi connectivity index (χ4n) is 3.01. The second kappa shape index (κ2) is 5.77. The summed E-state index contributed by atoms with van der Waals surface area (Å²) in [5.74, 6) is 1.74. The van der Waals surface area contributed by atoms with Crippen LogP contribution in [-0.4, -0.2) is 72.4 Å². The van der Waals surface area contributed by atoms with Crippen molar-refractivity contribution in [3.05, 3.63) is 12.3 Å². The van der Waals surface area contributed by atoms with E-state index < -0.39 is 5.60 Å². The van der Waals surface area contributed by atoms with Gasteiger partial charge in [-0.25, -0.2) is 4.98 Å². The molecule has 2 aliphatic rings. The summed E-state index contributed by atoms with van der Waals surface area (Å²) in [6.45, 7) is 4.61. The Kier molecular flexibility index (Phi) is 3.99. The van der Waals surface area contributed by atoms with Crippen molar-refractivity contribution in [2.45, 2.75) is 24.9 Å². The molecule has 6 heteroatoms. The van der Waals surface area contributed by atoms with E-state index in [9.17, 15) is 5.11 Å². The molecule has 1 aromatic heterocycles. The summed E-state index contributed by atoms with van der Waals surface area (Å²) in [7, 11) is 3.98. The first-order valence-corrected chi connectivity index (χ1v) is 7.76. The van der Waals surface area contributed by atoms with Crippen molar-refractivity contribution in [1.82, 2.24) is 14.9 Å². The van der Waals surface area contributed by atoms with Crippen LogP contribution >= 0.6 is 0 Å². The van der Waals surface area contributed by atoms with Crippen molar-refractivity contribution in [3.8, 4) is 0 Å². The van der Waals surface area contributed by atoms with Gasteiger partial charge in [-0.3, -0.25) is 4.90 Å². The van der Waals surface area contributed by atoms with Gasteiger partial charge in [0.15, 0.2) is 0 Å². The van der Waals surface area contributed by atoms with Gasteiger partial charge in [-0.1, -0.05) is 0 Å². The highest BCUT2D eigenvalue weighted by Crippen LogP contribution is 2.32. The number of aromatic nitrogens is 2. The summed E-state index contributed by atoms with van der Waals surface area (Å²) in [5.41, 5.74) is -0.413. The molecular weight excluding hydrogens is 266 g/mol. The van der Waals surface area contributed by atoms with Crippen LogP contribution in [0.2, 0.25) is 0 Å². The normalized spacial score (nSPS) is 22.0. The number of aliphatic hydroxyl groups is 1. The fraction of sp³-hybridized carbons (Fsp3) is 0.733. The Balaban J connectivity index is 1.56. The van der Waals surface area contributed by atoms with Gasteiger partial charge in [0.2, 0.25) is 5.95 Å². The SMILES string of the molecule is CN(C)c1ccnc(N2CCN(CC3(O)CCC3)CC2)n1. The zero-order chi connectivity index (χ0) is 14.9. The van der Waals surface area contributed by atoms with Crippen LogP contribution in [0, 0.1) is 0 Å². The Hall–Kier alpha value is -1.40. The van der Waals surface area contributed by atoms with Crippen LogP contribution in [0.3, 0.4) is 0 Å². The van der Waals surface area contributed by atoms with Crippen LogP contribution in [-0.2, 0) is 0 Å². The molecule has 116 valence electrons. The van der Waals surface area contributed by atoms with E-state index in [4.69, 9.17) is 0 Å². The molecule has 21 heavy (non-hydrogen) atoms. The Morgan fingerprint density at radius 1 is 1.24 bits per heavy atom. The van der Waals surface area contributed by atoms with E-state index in [2.05, 4.69) is 19.8 Å². The predicted molar refractivity (Wildman–Crippen MR) is 83.8 cm³/mol. The average molecular weight is 291 g/mol. The minimum Gasteiger partial charge on any atom is -0.389 e. The molecule has 0 radical (unpaired) electrons. The largest absolute Gasteiger partial charge is 0.389 e. The molecule has 0 aromatic carbocycles. The first kappa shape index (κ1) is 14.5. The number of rotatable bonds is 4. The van der Waals surface area contributed by atoms with Crippen LogP contribution in [0.15, 0.2) is 12.3 Å². The molecular formula is C15H25N5O. The average Bonchev–Trinajstić information content (AvgIpc) is 2.46. The van der Waals surface area contributed by atoms with Gasteiger partial charge in [0.1, 0.15) is 5.82 Å². The quantitative estimate of drug-likeness (QED) is 0.876. The van der Waals surface area contributed by atoms with Crippen LogP contribution < -0.4 is 9.80 Å². The van der Waals surface area contributed by atoms with Crippen molar-refractivity contribution < 1.29 is 5.11 Å². The van der Waals surface area contributed by atoms with Gasteiger partial charge in [-0.2, -0.15) is 4.98 Å². The first-order chi connectivity index (χ1) is 10.1. The van der Waals surface area contributed by atoms with Gasteiger partial charge in [-0.15, -0.1) is 0 Å². The van der Waals surface area contributed by atoms with Gasteiger partial charge in [0.05, 0.1) is 5.60 Å². The van der Waals surface area contributed by atoms with Crippen molar-refractivity contribution >= 4 is 11.8 Å². The molecule has 1 aliphatic heterocycles. The molecule has 1 N–H and O–H groups in total. The monoisotopic (exact) mass is 291 g/mol. The van der Waals surface area contributed by atoms with Crippen LogP contribution in [0.5, 0.6) is 0 Å². The number of piperazine rings is 1. The summed E-state index contributed by atoms with van der Waals surface area (Å²) >= 11 is 0. The van der Waals surface area contributed by atoms with Gasteiger partial charge in [0.25, 0.3) is 0 Å². The van der Waals surface area contributed by atoms with E-state index in [1.54, 1.807) is 0 Å². The van der Waals surface area contributed by atoms with E-state index in [1.165, 1.54) is 6.42 Å². The lowest BCUT2D eigenvalue weighted by Crippen LogP contribution is -2.54. The number of β-amino-alcohol motifs (C(OH)–C–C–N with tert-alkyl or cyclic N) is 1. The molecule has 2 heterocycles. The van der Waals surface area contributed by atoms with E-state index in [-0.39, 0.29) is 0 Å². The summed E-state index contributed by atoms with van der Waals surface area (Å²) in [6, 6.07) is 1.92. The highest BCUT2D eigenvalue weighted by atomic mass is 16.3. The number of nitrogens with zero attached hydrogens (tertiary/aromatic N) is 5. The molecule has 0 atom stereocenters. The Morgan fingerprint density at radius 3 is 2.52 bits per heavy atom. The Morgan fingerprint density at radius 2 is 1.95 bits per heavy atom. The lowest BCUT2D eigenvalue weighted by atomic mass is 9.80. The van der Waals surface area contributed by atoms with Gasteiger partial charge < -0.3 is 14.9 Å². The third kappa shape index (κ3) is 3.27. The highest BCUT2D eigenvalue weighted by Gasteiger charge is 2.36. The second-order valence-corrected chi connectivity index (χ2v) is 6.45. The van der Waals surface area contributed by atoms with Gasteiger partial charge in [0, 0.05) is 53.0 Å². The fourth-order valence-corrected chi connectivity index (χ4v) is 3.01. The molecule has 1 aromatic rings. The molecule has 1 saturated carbocycles. The number of hydrogen-bond donors (Lipinski definition) is 1. The van der Waals surface area contributed by atoms with Crippen molar-refractivity contribution in [2.24, 2.45) is 0 Å². The third-order valence-corrected chi connectivity index (χ3v) is 4.54. The lowest BCUT2D eigenvalue weighted by Gasteiger charge is -2.43. The molecule has 3 rings (SSSR count). The second-order valence-electron chi connectivity index (χ2n) is 6.45. The summed E-state index contributed by atoms with van der Waals surface area (Å²) in [4.78, 5) is 15.6. The van der Waals surface area contributed by atoms with E-state index >= 15 is 0 Å². The van der Waals surface area contributed by atoms with Crippen LogP contribution in [0.1, 0.15) is 19.3 Å². The zero-order valence-electron chi connectivity index (χ0n) is 13.0. The summed E-state index contributed by atoms with van der Waals surface area (Å²) in [6.07, 6.45) is 4.91. The molecule has 0 spiro atoms. The molecule has 2 fully saturated rings. The summed E-state index contributed by atoms with van der Waals surface area (Å²) in [5, 5.41) is 10.3. The van der Waals surface area contributed by atoms with Crippen molar-refractivity contribution in [3.63, 3.8) is 0 Å². The topological polar surface area (TPSA) is 55.7 Å². The lowest BCUT2D eigenvalue weighted by molar-refractivity contribution is -0.0594. The van der Waals surface area contributed by atoms with E-state index in [1.807, 2.05) is 31.3 Å². The first-order valence-electron chi connectivity index (χ1n) is 7.76. The smallest absolute Gasteiger partial charge is 0.227 e. The van der Waals surface area contributed by atoms with Crippen LogP contribution in [0.4, 0.5) is 11.8 Å². The number of anilines is 2. The van der Waals surface area contributed by atoms with E-state index in [0.717, 1.165) is 57.3 Å². The predicted octanol–water partition coefficient (Wildman–Crippen LogP) is 0.580. The van der Waals surface area contributed by atoms with Crippen molar-refractivity contribution in [1.29, 1.82) is 0 Å². The minimum absolute atomic E-state index is 0.413. The van der Waals surface area contributed by atoms with Gasteiger partial charge in [-0.05, 0) is 25.3 Å². The molecule has 0 amide bonds. The Labute approximate surface area is 126 Å². The Bertz CT molecular complexity index is 481. The maximum Gasteiger partial charge on any atom is 0.227 e. The molecule has 6 nitrogen and oxygen atoms in total. The van der Waals surface area contributed by atoms with E-state index in [0.29, 0.717) is 0 Å². The minimum atomic E-state index is -0.413. The molecule has 1 aliphatic carbocycles. The molecule has 0 bridgehead atoms. The molecule has 0 unspecified atom stereocenters. The standard InChI is InChI=1S/C15H25N5O/c1-18(2)13-4-7-16-14(17-13)20-10-8-19(9-11-20)12-15(21)5-3-6-15/h4,7,21H,3,5-6,8-12H2,1-2H3. The third-order valence-electron chi connectivity index (χ3n) is 4.54. The number of hydrogen-bond acceptors (Lipinski definition) is 6. The van der Waals surface area contributed by atoms with Gasteiger partial charge >= 0.3 is 0 Å². The highest BCUT2D eigenvalue weighted by molar-refractivity contribution is 5.42. The molecule has 1 saturated heterocycles. The zero-order valence-corrected chi connectivity index (χ0v) is 13.0. The maximum absolute atomic E-state index is 10.3.